The normalized spacial score (nSPS) is 11.4. The summed E-state index contributed by atoms with van der Waals surface area (Å²) in [7, 11) is 1.73. The highest BCUT2D eigenvalue weighted by Gasteiger charge is 2.01. The van der Waals surface area contributed by atoms with Gasteiger partial charge in [0.15, 0.2) is 5.96 Å². The number of pyridine rings is 1. The number of hydrogen-bond donors (Lipinski definition) is 2. The molecule has 0 bridgehead atoms. The summed E-state index contributed by atoms with van der Waals surface area (Å²) in [6, 6.07) is 9.21. The topological polar surface area (TPSA) is 49.3 Å². The lowest BCUT2D eigenvalue weighted by molar-refractivity contribution is 0.617. The van der Waals surface area contributed by atoms with Gasteiger partial charge < -0.3 is 10.6 Å². The molecule has 0 amide bonds. The maximum absolute atomic E-state index is 13.3. The van der Waals surface area contributed by atoms with Crippen molar-refractivity contribution in [2.45, 2.75) is 26.8 Å². The van der Waals surface area contributed by atoms with E-state index in [0.29, 0.717) is 12.1 Å². The molecule has 5 heteroatoms. The number of rotatable bonds is 5. The fourth-order valence-corrected chi connectivity index (χ4v) is 2.19. The predicted octanol–water partition coefficient (Wildman–Crippen LogP) is 2.75. The van der Waals surface area contributed by atoms with E-state index in [9.17, 15) is 4.39 Å². The van der Waals surface area contributed by atoms with Gasteiger partial charge in [0.1, 0.15) is 5.82 Å². The molecule has 0 spiro atoms. The average Bonchev–Trinajstić information content (AvgIpc) is 2.55. The number of halogens is 1. The van der Waals surface area contributed by atoms with Gasteiger partial charge in [-0.2, -0.15) is 0 Å². The van der Waals surface area contributed by atoms with E-state index in [2.05, 4.69) is 26.7 Å². The molecule has 1 aromatic heterocycles. The van der Waals surface area contributed by atoms with Gasteiger partial charge in [-0.15, -0.1) is 0 Å². The summed E-state index contributed by atoms with van der Waals surface area (Å²) in [6.07, 6.45) is 2.78. The SMILES string of the molecule is CN=C(NCCc1ccc(C)nc1)NCc1ccc(F)c(C)c1. The lowest BCUT2D eigenvalue weighted by atomic mass is 10.1. The van der Waals surface area contributed by atoms with E-state index in [4.69, 9.17) is 0 Å². The quantitative estimate of drug-likeness (QED) is 0.659. The van der Waals surface area contributed by atoms with Gasteiger partial charge in [-0.05, 0) is 49.1 Å². The van der Waals surface area contributed by atoms with Crippen molar-refractivity contribution in [1.29, 1.82) is 0 Å². The molecule has 0 saturated heterocycles. The Bertz CT molecular complexity index is 665. The van der Waals surface area contributed by atoms with Crippen molar-refractivity contribution in [2.24, 2.45) is 4.99 Å². The summed E-state index contributed by atoms with van der Waals surface area (Å²) in [4.78, 5) is 8.48. The molecule has 23 heavy (non-hydrogen) atoms. The lowest BCUT2D eigenvalue weighted by Crippen LogP contribution is -2.37. The Balaban J connectivity index is 1.79. The minimum absolute atomic E-state index is 0.178. The van der Waals surface area contributed by atoms with E-state index in [1.807, 2.05) is 25.3 Å². The van der Waals surface area contributed by atoms with Crippen molar-refractivity contribution in [3.8, 4) is 0 Å². The van der Waals surface area contributed by atoms with E-state index in [1.54, 1.807) is 20.0 Å². The molecule has 0 aliphatic carbocycles. The molecule has 0 radical (unpaired) electrons. The Morgan fingerprint density at radius 1 is 1.13 bits per heavy atom. The number of nitrogens with one attached hydrogen (secondary N) is 2. The number of guanidine groups is 1. The summed E-state index contributed by atoms with van der Waals surface area (Å²) in [5.41, 5.74) is 3.88. The van der Waals surface area contributed by atoms with Crippen LogP contribution in [0.3, 0.4) is 0 Å². The molecular formula is C18H23FN4. The van der Waals surface area contributed by atoms with Crippen LogP contribution in [0.15, 0.2) is 41.5 Å². The molecule has 0 aliphatic heterocycles. The second-order valence-corrected chi connectivity index (χ2v) is 5.49. The van der Waals surface area contributed by atoms with Gasteiger partial charge in [-0.25, -0.2) is 4.39 Å². The lowest BCUT2D eigenvalue weighted by Gasteiger charge is -2.12. The summed E-state index contributed by atoms with van der Waals surface area (Å²) in [5.74, 6) is 0.551. The molecule has 1 heterocycles. The van der Waals surface area contributed by atoms with Crippen LogP contribution in [0.4, 0.5) is 4.39 Å². The smallest absolute Gasteiger partial charge is 0.191 e. The highest BCUT2D eigenvalue weighted by Crippen LogP contribution is 2.08. The highest BCUT2D eigenvalue weighted by atomic mass is 19.1. The van der Waals surface area contributed by atoms with Crippen LogP contribution in [-0.2, 0) is 13.0 Å². The minimum Gasteiger partial charge on any atom is -0.356 e. The zero-order valence-electron chi connectivity index (χ0n) is 13.9. The van der Waals surface area contributed by atoms with E-state index < -0.39 is 0 Å². The second-order valence-electron chi connectivity index (χ2n) is 5.49. The zero-order chi connectivity index (χ0) is 16.7. The van der Waals surface area contributed by atoms with Crippen LogP contribution < -0.4 is 10.6 Å². The fraction of sp³-hybridized carbons (Fsp3) is 0.333. The van der Waals surface area contributed by atoms with Crippen LogP contribution in [0.25, 0.3) is 0 Å². The molecule has 0 atom stereocenters. The molecule has 1 aromatic carbocycles. The second kappa shape index (κ2) is 8.27. The Hall–Kier alpha value is -2.43. The monoisotopic (exact) mass is 314 g/mol. The van der Waals surface area contributed by atoms with E-state index in [0.717, 1.165) is 30.2 Å². The van der Waals surface area contributed by atoms with Gasteiger partial charge in [0.05, 0.1) is 0 Å². The van der Waals surface area contributed by atoms with E-state index >= 15 is 0 Å². The largest absolute Gasteiger partial charge is 0.356 e. The molecule has 4 nitrogen and oxygen atoms in total. The first-order valence-electron chi connectivity index (χ1n) is 7.69. The Morgan fingerprint density at radius 2 is 1.91 bits per heavy atom. The summed E-state index contributed by atoms with van der Waals surface area (Å²) >= 11 is 0. The number of nitrogens with zero attached hydrogens (tertiary/aromatic N) is 2. The van der Waals surface area contributed by atoms with E-state index in [-0.39, 0.29) is 5.82 Å². The molecule has 2 aromatic rings. The van der Waals surface area contributed by atoms with Gasteiger partial charge in [0, 0.05) is 32.0 Å². The maximum Gasteiger partial charge on any atom is 0.191 e. The molecule has 0 saturated carbocycles. The summed E-state index contributed by atoms with van der Waals surface area (Å²) in [5, 5.41) is 6.49. The Morgan fingerprint density at radius 3 is 2.57 bits per heavy atom. The standard InChI is InChI=1S/C18H23FN4/c1-13-10-16(6-7-17(13)19)12-23-18(20-3)21-9-8-15-5-4-14(2)22-11-15/h4-7,10-11H,8-9,12H2,1-3H3,(H2,20,21,23). The summed E-state index contributed by atoms with van der Waals surface area (Å²) in [6.45, 7) is 5.12. The third-order valence-corrected chi connectivity index (χ3v) is 3.58. The van der Waals surface area contributed by atoms with Gasteiger partial charge in [0.25, 0.3) is 0 Å². The number of aliphatic imine (C=N–C) groups is 1. The van der Waals surface area contributed by atoms with Crippen LogP contribution >= 0.6 is 0 Å². The Kier molecular flexibility index (Phi) is 6.09. The number of benzene rings is 1. The van der Waals surface area contributed by atoms with Crippen LogP contribution in [0.5, 0.6) is 0 Å². The van der Waals surface area contributed by atoms with Crippen molar-refractivity contribution in [2.75, 3.05) is 13.6 Å². The third kappa shape index (κ3) is 5.36. The first kappa shape index (κ1) is 16.9. The average molecular weight is 314 g/mol. The van der Waals surface area contributed by atoms with Crippen molar-refractivity contribution in [3.05, 3.63) is 64.7 Å². The van der Waals surface area contributed by atoms with Crippen LogP contribution in [0.1, 0.15) is 22.4 Å². The van der Waals surface area contributed by atoms with Gasteiger partial charge in [0.2, 0.25) is 0 Å². The van der Waals surface area contributed by atoms with Crippen molar-refractivity contribution in [3.63, 3.8) is 0 Å². The molecule has 0 fully saturated rings. The van der Waals surface area contributed by atoms with Crippen LogP contribution in [0, 0.1) is 19.7 Å². The van der Waals surface area contributed by atoms with Crippen molar-refractivity contribution in [1.82, 2.24) is 15.6 Å². The minimum atomic E-state index is -0.178. The summed E-state index contributed by atoms with van der Waals surface area (Å²) < 4.78 is 13.3. The molecule has 2 rings (SSSR count). The van der Waals surface area contributed by atoms with Crippen LogP contribution in [0.2, 0.25) is 0 Å². The van der Waals surface area contributed by atoms with Crippen LogP contribution in [-0.4, -0.2) is 24.5 Å². The molecule has 0 unspecified atom stereocenters. The maximum atomic E-state index is 13.3. The highest BCUT2D eigenvalue weighted by molar-refractivity contribution is 5.79. The van der Waals surface area contributed by atoms with Gasteiger partial charge in [-0.3, -0.25) is 9.98 Å². The molecule has 2 N–H and O–H groups in total. The zero-order valence-corrected chi connectivity index (χ0v) is 13.9. The van der Waals surface area contributed by atoms with E-state index in [1.165, 1.54) is 11.6 Å². The first-order valence-corrected chi connectivity index (χ1v) is 7.69. The van der Waals surface area contributed by atoms with Crippen molar-refractivity contribution < 1.29 is 4.39 Å². The fourth-order valence-electron chi connectivity index (χ4n) is 2.19. The number of hydrogen-bond acceptors (Lipinski definition) is 2. The third-order valence-electron chi connectivity index (χ3n) is 3.58. The number of aromatic nitrogens is 1. The first-order chi connectivity index (χ1) is 11.1. The van der Waals surface area contributed by atoms with Gasteiger partial charge in [-0.1, -0.05) is 18.2 Å². The van der Waals surface area contributed by atoms with Crippen molar-refractivity contribution >= 4 is 5.96 Å². The molecule has 122 valence electrons. The molecular weight excluding hydrogens is 291 g/mol. The number of aryl methyl sites for hydroxylation is 2. The molecule has 0 aliphatic rings. The van der Waals surface area contributed by atoms with Gasteiger partial charge >= 0.3 is 0 Å². The predicted molar refractivity (Wildman–Crippen MR) is 92.0 cm³/mol. The Labute approximate surface area is 136 Å².